The van der Waals surface area contributed by atoms with Gasteiger partial charge in [0.05, 0.1) is 0 Å². The lowest BCUT2D eigenvalue weighted by Crippen LogP contribution is -1.87. The lowest BCUT2D eigenvalue weighted by molar-refractivity contribution is 0.482. The molecule has 1 aliphatic carbocycles. The molecule has 0 heterocycles. The molecule has 0 spiro atoms. The van der Waals surface area contributed by atoms with Crippen molar-refractivity contribution in [1.29, 1.82) is 0 Å². The maximum Gasteiger partial charge on any atom is 0.127 e. The van der Waals surface area contributed by atoms with Crippen LogP contribution in [0.5, 0.6) is 11.5 Å². The molecule has 2 N–H and O–H groups in total. The second-order valence-electron chi connectivity index (χ2n) is 4.51. The fourth-order valence-electron chi connectivity index (χ4n) is 1.90. The Labute approximate surface area is 101 Å². The average molecular weight is 225 g/mol. The molecule has 1 saturated carbocycles. The topological polar surface area (TPSA) is 35.2 Å². The molecule has 0 unspecified atom stereocenters. The lowest BCUT2D eigenvalue weighted by Gasteiger charge is -2.06. The molecule has 1 aliphatic rings. The van der Waals surface area contributed by atoms with E-state index in [0.717, 1.165) is 23.1 Å². The van der Waals surface area contributed by atoms with Gasteiger partial charge < -0.3 is 10.5 Å². The van der Waals surface area contributed by atoms with Crippen molar-refractivity contribution in [3.63, 3.8) is 0 Å². The van der Waals surface area contributed by atoms with Crippen molar-refractivity contribution in [1.82, 2.24) is 0 Å². The first-order chi connectivity index (χ1) is 8.31. The molecule has 2 aromatic carbocycles. The fraction of sp³-hybridized carbons (Fsp3) is 0.200. The van der Waals surface area contributed by atoms with E-state index in [4.69, 9.17) is 10.5 Å². The smallest absolute Gasteiger partial charge is 0.127 e. The van der Waals surface area contributed by atoms with Gasteiger partial charge >= 0.3 is 0 Å². The molecule has 3 rings (SSSR count). The van der Waals surface area contributed by atoms with Crippen LogP contribution in [0.25, 0.3) is 0 Å². The molecule has 0 radical (unpaired) electrons. The largest absolute Gasteiger partial charge is 0.457 e. The second-order valence-corrected chi connectivity index (χ2v) is 4.51. The Hall–Kier alpha value is -1.96. The molecule has 86 valence electrons. The minimum absolute atomic E-state index is 0.751. The summed E-state index contributed by atoms with van der Waals surface area (Å²) in [5.41, 5.74) is 7.80. The van der Waals surface area contributed by atoms with Gasteiger partial charge in [0.25, 0.3) is 0 Å². The summed E-state index contributed by atoms with van der Waals surface area (Å²) in [6.07, 6.45) is 2.66. The van der Waals surface area contributed by atoms with Crippen LogP contribution in [0.1, 0.15) is 24.3 Å². The number of hydrogen-bond donors (Lipinski definition) is 1. The molecular formula is C15H15NO. The summed E-state index contributed by atoms with van der Waals surface area (Å²) in [6, 6.07) is 15.8. The van der Waals surface area contributed by atoms with E-state index < -0.39 is 0 Å². The fourth-order valence-corrected chi connectivity index (χ4v) is 1.90. The molecule has 0 atom stereocenters. The number of nitrogen functional groups attached to an aromatic ring is 1. The molecule has 0 saturated heterocycles. The van der Waals surface area contributed by atoms with Gasteiger partial charge in [0.1, 0.15) is 11.5 Å². The van der Waals surface area contributed by atoms with Gasteiger partial charge in [-0.05, 0) is 60.7 Å². The van der Waals surface area contributed by atoms with E-state index in [0.29, 0.717) is 0 Å². The predicted molar refractivity (Wildman–Crippen MR) is 69.3 cm³/mol. The molecule has 0 aliphatic heterocycles. The summed E-state index contributed by atoms with van der Waals surface area (Å²) in [4.78, 5) is 0. The molecule has 0 bridgehead atoms. The lowest BCUT2D eigenvalue weighted by atomic mass is 10.1. The van der Waals surface area contributed by atoms with E-state index in [2.05, 4.69) is 12.1 Å². The Morgan fingerprint density at radius 2 is 1.35 bits per heavy atom. The third kappa shape index (κ3) is 2.41. The zero-order chi connectivity index (χ0) is 11.7. The number of anilines is 1. The van der Waals surface area contributed by atoms with Crippen molar-refractivity contribution in [3.05, 3.63) is 54.1 Å². The minimum atomic E-state index is 0.751. The maximum absolute atomic E-state index is 5.73. The number of rotatable bonds is 3. The molecular weight excluding hydrogens is 210 g/mol. The highest BCUT2D eigenvalue weighted by molar-refractivity contribution is 5.43. The summed E-state index contributed by atoms with van der Waals surface area (Å²) >= 11 is 0. The van der Waals surface area contributed by atoms with E-state index in [1.807, 2.05) is 36.4 Å². The highest BCUT2D eigenvalue weighted by atomic mass is 16.5. The van der Waals surface area contributed by atoms with E-state index in [9.17, 15) is 0 Å². The Morgan fingerprint density at radius 3 is 1.88 bits per heavy atom. The average Bonchev–Trinajstić information content (AvgIpc) is 3.17. The van der Waals surface area contributed by atoms with Crippen LogP contribution < -0.4 is 10.5 Å². The summed E-state index contributed by atoms with van der Waals surface area (Å²) in [5.74, 6) is 2.48. The van der Waals surface area contributed by atoms with Crippen LogP contribution in [0.4, 0.5) is 5.69 Å². The Kier molecular flexibility index (Phi) is 2.48. The highest BCUT2D eigenvalue weighted by Crippen LogP contribution is 2.40. The minimum Gasteiger partial charge on any atom is -0.457 e. The Bertz CT molecular complexity index is 497. The molecule has 1 fully saturated rings. The second kappa shape index (κ2) is 4.13. The summed E-state index contributed by atoms with van der Waals surface area (Å²) in [5, 5.41) is 0. The van der Waals surface area contributed by atoms with Gasteiger partial charge in [-0.1, -0.05) is 12.1 Å². The monoisotopic (exact) mass is 225 g/mol. The van der Waals surface area contributed by atoms with Crippen molar-refractivity contribution in [2.24, 2.45) is 0 Å². The summed E-state index contributed by atoms with van der Waals surface area (Å²) in [6.45, 7) is 0. The third-order valence-corrected chi connectivity index (χ3v) is 3.04. The van der Waals surface area contributed by atoms with E-state index in [1.165, 1.54) is 18.4 Å². The first-order valence-corrected chi connectivity index (χ1v) is 5.94. The van der Waals surface area contributed by atoms with Crippen molar-refractivity contribution in [2.75, 3.05) is 5.73 Å². The highest BCUT2D eigenvalue weighted by Gasteiger charge is 2.22. The quantitative estimate of drug-likeness (QED) is 0.803. The Morgan fingerprint density at radius 1 is 0.824 bits per heavy atom. The van der Waals surface area contributed by atoms with Gasteiger partial charge in [-0.3, -0.25) is 0 Å². The van der Waals surface area contributed by atoms with Crippen LogP contribution in [0.3, 0.4) is 0 Å². The van der Waals surface area contributed by atoms with E-state index in [1.54, 1.807) is 0 Å². The van der Waals surface area contributed by atoms with Crippen molar-refractivity contribution in [3.8, 4) is 11.5 Å². The van der Waals surface area contributed by atoms with Crippen LogP contribution in [0.2, 0.25) is 0 Å². The first kappa shape index (κ1) is 10.2. The zero-order valence-electron chi connectivity index (χ0n) is 9.60. The van der Waals surface area contributed by atoms with Crippen LogP contribution in [0, 0.1) is 0 Å². The Balaban J connectivity index is 1.73. The molecule has 0 aromatic heterocycles. The number of hydrogen-bond acceptors (Lipinski definition) is 2. The van der Waals surface area contributed by atoms with Gasteiger partial charge in [-0.2, -0.15) is 0 Å². The predicted octanol–water partition coefficient (Wildman–Crippen LogP) is 3.94. The molecule has 0 amide bonds. The van der Waals surface area contributed by atoms with Gasteiger partial charge in [-0.25, -0.2) is 0 Å². The molecule has 17 heavy (non-hydrogen) atoms. The van der Waals surface area contributed by atoms with Crippen molar-refractivity contribution >= 4 is 5.69 Å². The van der Waals surface area contributed by atoms with Crippen LogP contribution in [-0.2, 0) is 0 Å². The first-order valence-electron chi connectivity index (χ1n) is 5.94. The third-order valence-electron chi connectivity index (χ3n) is 3.04. The molecule has 2 aromatic rings. The standard InChI is InChI=1S/C15H15NO/c16-13-5-9-15(10-6-13)17-14-7-3-12(4-8-14)11-1-2-11/h3-11H,1-2,16H2. The normalized spacial score (nSPS) is 14.6. The van der Waals surface area contributed by atoms with Crippen LogP contribution >= 0.6 is 0 Å². The number of nitrogens with two attached hydrogens (primary N) is 1. The SMILES string of the molecule is Nc1ccc(Oc2ccc(C3CC3)cc2)cc1. The molecule has 2 nitrogen and oxygen atoms in total. The summed E-state index contributed by atoms with van der Waals surface area (Å²) in [7, 11) is 0. The maximum atomic E-state index is 5.73. The summed E-state index contributed by atoms with van der Waals surface area (Å²) < 4.78 is 5.73. The van der Waals surface area contributed by atoms with Crippen LogP contribution in [0.15, 0.2) is 48.5 Å². The zero-order valence-corrected chi connectivity index (χ0v) is 9.60. The number of benzene rings is 2. The molecule has 2 heteroatoms. The van der Waals surface area contributed by atoms with Crippen LogP contribution in [-0.4, -0.2) is 0 Å². The number of ether oxygens (including phenoxy) is 1. The van der Waals surface area contributed by atoms with Crippen molar-refractivity contribution < 1.29 is 4.74 Å². The van der Waals surface area contributed by atoms with E-state index >= 15 is 0 Å². The van der Waals surface area contributed by atoms with Gasteiger partial charge in [0.2, 0.25) is 0 Å². The van der Waals surface area contributed by atoms with Gasteiger partial charge in [0.15, 0.2) is 0 Å². The van der Waals surface area contributed by atoms with Crippen molar-refractivity contribution in [2.45, 2.75) is 18.8 Å². The van der Waals surface area contributed by atoms with Gasteiger partial charge in [0, 0.05) is 5.69 Å². The van der Waals surface area contributed by atoms with E-state index in [-0.39, 0.29) is 0 Å². The van der Waals surface area contributed by atoms with Gasteiger partial charge in [-0.15, -0.1) is 0 Å².